The van der Waals surface area contributed by atoms with Crippen LogP contribution in [0.5, 0.6) is 0 Å². The fraction of sp³-hybridized carbons (Fsp3) is 0.778. The lowest BCUT2D eigenvalue weighted by atomic mass is 9.98. The van der Waals surface area contributed by atoms with Gasteiger partial charge in [-0.2, -0.15) is 0 Å². The molecule has 0 spiro atoms. The van der Waals surface area contributed by atoms with Crippen molar-refractivity contribution in [3.63, 3.8) is 0 Å². The number of primary amides is 1. The zero-order chi connectivity index (χ0) is 11.3. The molecule has 0 aromatic heterocycles. The van der Waals surface area contributed by atoms with Crippen LogP contribution in [0.3, 0.4) is 0 Å². The summed E-state index contributed by atoms with van der Waals surface area (Å²) in [5, 5.41) is 2.72. The molecule has 0 saturated carbocycles. The monoisotopic (exact) mass is 214 g/mol. The van der Waals surface area contributed by atoms with E-state index in [1.54, 1.807) is 4.90 Å². The SMILES string of the molecule is NCC(=O)NCC1CCCN(C(N)=O)C1. The fourth-order valence-electron chi connectivity index (χ4n) is 1.76. The maximum Gasteiger partial charge on any atom is 0.314 e. The molecule has 1 fully saturated rings. The number of hydrogen-bond acceptors (Lipinski definition) is 3. The summed E-state index contributed by atoms with van der Waals surface area (Å²) in [6.07, 6.45) is 1.95. The number of rotatable bonds is 3. The van der Waals surface area contributed by atoms with Gasteiger partial charge in [0.2, 0.25) is 5.91 Å². The van der Waals surface area contributed by atoms with E-state index in [0.29, 0.717) is 19.0 Å². The second kappa shape index (κ2) is 5.55. The smallest absolute Gasteiger partial charge is 0.314 e. The Labute approximate surface area is 89.0 Å². The van der Waals surface area contributed by atoms with E-state index in [4.69, 9.17) is 11.5 Å². The van der Waals surface area contributed by atoms with Crippen molar-refractivity contribution in [1.82, 2.24) is 10.2 Å². The molecule has 1 unspecified atom stereocenters. The predicted molar refractivity (Wildman–Crippen MR) is 55.9 cm³/mol. The Hall–Kier alpha value is -1.30. The summed E-state index contributed by atoms with van der Waals surface area (Å²) in [7, 11) is 0. The first-order chi connectivity index (χ1) is 7.13. The summed E-state index contributed by atoms with van der Waals surface area (Å²) in [6.45, 7) is 1.92. The van der Waals surface area contributed by atoms with Crippen molar-refractivity contribution in [2.45, 2.75) is 12.8 Å². The third kappa shape index (κ3) is 3.75. The molecule has 0 bridgehead atoms. The van der Waals surface area contributed by atoms with E-state index < -0.39 is 0 Å². The van der Waals surface area contributed by atoms with E-state index in [9.17, 15) is 9.59 Å². The maximum absolute atomic E-state index is 10.9. The number of nitrogens with zero attached hydrogens (tertiary/aromatic N) is 1. The van der Waals surface area contributed by atoms with E-state index in [-0.39, 0.29) is 18.5 Å². The molecule has 0 radical (unpaired) electrons. The van der Waals surface area contributed by atoms with Gasteiger partial charge in [0.05, 0.1) is 6.54 Å². The van der Waals surface area contributed by atoms with Crippen LogP contribution in [-0.4, -0.2) is 43.0 Å². The Balaban J connectivity index is 2.30. The van der Waals surface area contributed by atoms with Crippen LogP contribution in [0.2, 0.25) is 0 Å². The summed E-state index contributed by atoms with van der Waals surface area (Å²) >= 11 is 0. The fourth-order valence-corrected chi connectivity index (χ4v) is 1.76. The van der Waals surface area contributed by atoms with Crippen LogP contribution >= 0.6 is 0 Å². The van der Waals surface area contributed by atoms with Gasteiger partial charge in [0.15, 0.2) is 0 Å². The Kier molecular flexibility index (Phi) is 4.36. The second-order valence-corrected chi connectivity index (χ2v) is 3.80. The van der Waals surface area contributed by atoms with Crippen LogP contribution in [0.1, 0.15) is 12.8 Å². The van der Waals surface area contributed by atoms with Crippen LogP contribution in [-0.2, 0) is 4.79 Å². The van der Waals surface area contributed by atoms with Crippen molar-refractivity contribution >= 4 is 11.9 Å². The number of urea groups is 1. The molecule has 1 aliphatic heterocycles. The van der Waals surface area contributed by atoms with Crippen molar-refractivity contribution in [2.75, 3.05) is 26.2 Å². The first-order valence-corrected chi connectivity index (χ1v) is 5.14. The highest BCUT2D eigenvalue weighted by molar-refractivity contribution is 5.77. The van der Waals surface area contributed by atoms with Gasteiger partial charge in [-0.25, -0.2) is 4.79 Å². The van der Waals surface area contributed by atoms with Crippen molar-refractivity contribution in [3.05, 3.63) is 0 Å². The molecule has 0 aromatic rings. The second-order valence-electron chi connectivity index (χ2n) is 3.80. The zero-order valence-electron chi connectivity index (χ0n) is 8.74. The lowest BCUT2D eigenvalue weighted by molar-refractivity contribution is -0.119. The zero-order valence-corrected chi connectivity index (χ0v) is 8.74. The first-order valence-electron chi connectivity index (χ1n) is 5.14. The van der Waals surface area contributed by atoms with Gasteiger partial charge in [-0.1, -0.05) is 0 Å². The molecule has 1 rings (SSSR count). The van der Waals surface area contributed by atoms with Crippen molar-refractivity contribution in [1.29, 1.82) is 0 Å². The standard InChI is InChI=1S/C9H18N4O2/c10-4-8(14)12-5-7-2-1-3-13(6-7)9(11)15/h7H,1-6,10H2,(H2,11,15)(H,12,14). The van der Waals surface area contributed by atoms with E-state index >= 15 is 0 Å². The number of hydrogen-bond donors (Lipinski definition) is 3. The number of carbonyl (C=O) groups excluding carboxylic acids is 2. The Morgan fingerprint density at radius 2 is 2.20 bits per heavy atom. The topological polar surface area (TPSA) is 101 Å². The van der Waals surface area contributed by atoms with Crippen molar-refractivity contribution < 1.29 is 9.59 Å². The Bertz CT molecular complexity index is 244. The normalized spacial score (nSPS) is 21.1. The van der Waals surface area contributed by atoms with E-state index in [1.807, 2.05) is 0 Å². The van der Waals surface area contributed by atoms with Crippen LogP contribution in [0.25, 0.3) is 0 Å². The Morgan fingerprint density at radius 3 is 2.80 bits per heavy atom. The van der Waals surface area contributed by atoms with Gasteiger partial charge in [-0.15, -0.1) is 0 Å². The van der Waals surface area contributed by atoms with Gasteiger partial charge >= 0.3 is 6.03 Å². The summed E-state index contributed by atoms with van der Waals surface area (Å²) < 4.78 is 0. The summed E-state index contributed by atoms with van der Waals surface area (Å²) in [5.74, 6) is 0.132. The summed E-state index contributed by atoms with van der Waals surface area (Å²) in [5.41, 5.74) is 10.4. The number of nitrogens with one attached hydrogen (secondary N) is 1. The summed E-state index contributed by atoms with van der Waals surface area (Å²) in [4.78, 5) is 23.5. The lowest BCUT2D eigenvalue weighted by Crippen LogP contribution is -2.46. The predicted octanol–water partition coefficient (Wildman–Crippen LogP) is -1.15. The molecule has 1 heterocycles. The van der Waals surface area contributed by atoms with Crippen LogP contribution in [0.4, 0.5) is 4.79 Å². The molecule has 15 heavy (non-hydrogen) atoms. The molecule has 6 nitrogen and oxygen atoms in total. The lowest BCUT2D eigenvalue weighted by Gasteiger charge is -2.31. The van der Waals surface area contributed by atoms with E-state index in [1.165, 1.54) is 0 Å². The molecule has 0 aromatic carbocycles. The van der Waals surface area contributed by atoms with Crippen molar-refractivity contribution in [3.8, 4) is 0 Å². The van der Waals surface area contributed by atoms with Gasteiger partial charge in [0.25, 0.3) is 0 Å². The van der Waals surface area contributed by atoms with Crippen LogP contribution in [0, 0.1) is 5.92 Å². The molecule has 3 amide bonds. The minimum absolute atomic E-state index is 0.00620. The first kappa shape index (κ1) is 11.8. The average molecular weight is 214 g/mol. The van der Waals surface area contributed by atoms with E-state index in [0.717, 1.165) is 19.4 Å². The molecule has 5 N–H and O–H groups in total. The minimum Gasteiger partial charge on any atom is -0.355 e. The van der Waals surface area contributed by atoms with Gasteiger partial charge < -0.3 is 21.7 Å². The average Bonchev–Trinajstić information content (AvgIpc) is 2.26. The van der Waals surface area contributed by atoms with Gasteiger partial charge in [-0.3, -0.25) is 4.79 Å². The number of amides is 3. The maximum atomic E-state index is 10.9. The summed E-state index contributed by atoms with van der Waals surface area (Å²) in [6, 6.07) is -0.384. The number of carbonyl (C=O) groups is 2. The highest BCUT2D eigenvalue weighted by Gasteiger charge is 2.21. The molecule has 1 atom stereocenters. The molecule has 1 saturated heterocycles. The third-order valence-corrected chi connectivity index (χ3v) is 2.60. The molecule has 1 aliphatic rings. The number of likely N-dealkylation sites (tertiary alicyclic amines) is 1. The van der Waals surface area contributed by atoms with E-state index in [2.05, 4.69) is 5.32 Å². The van der Waals surface area contributed by atoms with Gasteiger partial charge in [0, 0.05) is 19.6 Å². The Morgan fingerprint density at radius 1 is 1.47 bits per heavy atom. The molecular formula is C9H18N4O2. The van der Waals surface area contributed by atoms with Gasteiger partial charge in [0.1, 0.15) is 0 Å². The molecule has 6 heteroatoms. The highest BCUT2D eigenvalue weighted by Crippen LogP contribution is 2.15. The quantitative estimate of drug-likeness (QED) is 0.553. The van der Waals surface area contributed by atoms with Crippen molar-refractivity contribution in [2.24, 2.45) is 17.4 Å². The molecule has 0 aliphatic carbocycles. The molecule has 86 valence electrons. The molecular weight excluding hydrogens is 196 g/mol. The van der Waals surface area contributed by atoms with Gasteiger partial charge in [-0.05, 0) is 18.8 Å². The number of nitrogens with two attached hydrogens (primary N) is 2. The minimum atomic E-state index is -0.384. The van der Waals surface area contributed by atoms with Crippen LogP contribution in [0.15, 0.2) is 0 Å². The number of piperidine rings is 1. The van der Waals surface area contributed by atoms with Crippen LogP contribution < -0.4 is 16.8 Å². The highest BCUT2D eigenvalue weighted by atomic mass is 16.2. The third-order valence-electron chi connectivity index (χ3n) is 2.60. The largest absolute Gasteiger partial charge is 0.355 e.